The van der Waals surface area contributed by atoms with Crippen LogP contribution in [0.5, 0.6) is 0 Å². The van der Waals surface area contributed by atoms with Crippen LogP contribution in [-0.4, -0.2) is 27.4 Å². The van der Waals surface area contributed by atoms with Gasteiger partial charge in [-0.1, -0.05) is 72.8 Å². The lowest BCUT2D eigenvalue weighted by Gasteiger charge is -2.38. The number of allylic oxidation sites excluding steroid dienone is 2. The number of hydrogen-bond donors (Lipinski definition) is 0. The molecule has 0 aromatic heterocycles. The average molecular weight is 401 g/mol. The molecule has 5 rings (SSSR count). The van der Waals surface area contributed by atoms with E-state index in [2.05, 4.69) is 50.3 Å². The molecule has 2 bridgehead atoms. The second-order valence-electron chi connectivity index (χ2n) is 9.49. The van der Waals surface area contributed by atoms with Crippen molar-refractivity contribution in [3.8, 4) is 0 Å². The fourth-order valence-electron chi connectivity index (χ4n) is 5.65. The maximum atomic E-state index is 13.9. The highest BCUT2D eigenvalue weighted by Crippen LogP contribution is 2.54. The van der Waals surface area contributed by atoms with Crippen molar-refractivity contribution in [2.24, 2.45) is 17.8 Å². The third kappa shape index (κ3) is 3.10. The number of carbonyl (C=O) groups excluding carboxylic acids is 2. The van der Waals surface area contributed by atoms with Crippen molar-refractivity contribution < 1.29 is 9.59 Å². The van der Waals surface area contributed by atoms with E-state index < -0.39 is 5.54 Å². The van der Waals surface area contributed by atoms with Gasteiger partial charge in [0.2, 0.25) is 11.8 Å². The number of amides is 2. The summed E-state index contributed by atoms with van der Waals surface area (Å²) in [6, 6.07) is 20.4. The van der Waals surface area contributed by atoms with Gasteiger partial charge >= 0.3 is 0 Å². The highest BCUT2D eigenvalue weighted by Gasteiger charge is 2.54. The first-order valence-electron chi connectivity index (χ1n) is 10.9. The van der Waals surface area contributed by atoms with Crippen LogP contribution in [0.4, 0.5) is 0 Å². The molecule has 1 aliphatic heterocycles. The summed E-state index contributed by atoms with van der Waals surface area (Å²) in [5.74, 6) is 0.427. The molecule has 1 saturated carbocycles. The zero-order valence-electron chi connectivity index (χ0n) is 17.6. The van der Waals surface area contributed by atoms with Gasteiger partial charge in [-0.15, -0.1) is 0 Å². The van der Waals surface area contributed by atoms with Crippen molar-refractivity contribution in [3.63, 3.8) is 0 Å². The van der Waals surface area contributed by atoms with Gasteiger partial charge in [-0.2, -0.15) is 0 Å². The van der Waals surface area contributed by atoms with E-state index in [1.165, 1.54) is 10.6 Å². The van der Waals surface area contributed by atoms with Gasteiger partial charge in [0.25, 0.3) is 0 Å². The largest absolute Gasteiger partial charge is 0.273 e. The second-order valence-corrected chi connectivity index (χ2v) is 9.49. The zero-order valence-corrected chi connectivity index (χ0v) is 17.6. The third-order valence-electron chi connectivity index (χ3n) is 7.07. The Hall–Kier alpha value is -2.72. The molecule has 2 amide bonds. The molecule has 1 heterocycles. The second kappa shape index (κ2) is 7.21. The van der Waals surface area contributed by atoms with Gasteiger partial charge in [0.05, 0.1) is 5.92 Å². The van der Waals surface area contributed by atoms with Crippen LogP contribution >= 0.6 is 0 Å². The van der Waals surface area contributed by atoms with Crippen molar-refractivity contribution in [3.05, 3.63) is 83.9 Å². The lowest BCUT2D eigenvalue weighted by Crippen LogP contribution is -2.52. The van der Waals surface area contributed by atoms with Crippen LogP contribution in [-0.2, 0) is 16.1 Å². The van der Waals surface area contributed by atoms with Gasteiger partial charge < -0.3 is 0 Å². The molecule has 2 aliphatic carbocycles. The monoisotopic (exact) mass is 400 g/mol. The van der Waals surface area contributed by atoms with E-state index in [0.717, 1.165) is 12.0 Å². The zero-order chi connectivity index (χ0) is 20.9. The predicted molar refractivity (Wildman–Crippen MR) is 116 cm³/mol. The minimum Gasteiger partial charge on any atom is -0.273 e. The number of fused-ring (bicyclic) bond motifs is 2. The summed E-state index contributed by atoms with van der Waals surface area (Å²) in [4.78, 5) is 27.0. The number of carbonyl (C=O) groups is 2. The summed E-state index contributed by atoms with van der Waals surface area (Å²) in [6.07, 6.45) is 5.82. The Bertz CT molecular complexity index is 983. The Kier molecular flexibility index (Phi) is 4.62. The van der Waals surface area contributed by atoms with E-state index >= 15 is 0 Å². The summed E-state index contributed by atoms with van der Waals surface area (Å²) >= 11 is 0. The first-order chi connectivity index (χ1) is 14.5. The predicted octanol–water partition coefficient (Wildman–Crippen LogP) is 4.55. The standard InChI is InChI=1S/C26H28N2O2/c1-26(2)16-22(29)28(27(26)17-18-9-5-3-6-10-18)25(30)24-21-14-13-20(15-21)23(24)19-11-7-4-8-12-19/h3-14,20-21,23-24H,15-17H2,1-2H3/t20-,21+,23?,24+/m0/s1. The number of imide groups is 1. The Labute approximate surface area is 178 Å². The molecule has 1 saturated heterocycles. The maximum absolute atomic E-state index is 13.9. The van der Waals surface area contributed by atoms with E-state index in [-0.39, 0.29) is 29.6 Å². The minimum absolute atomic E-state index is 0.0350. The normalized spacial score (nSPS) is 29.7. The summed E-state index contributed by atoms with van der Waals surface area (Å²) in [6.45, 7) is 4.66. The number of benzene rings is 2. The van der Waals surface area contributed by atoms with Gasteiger partial charge in [0.1, 0.15) is 0 Å². The molecule has 0 spiro atoms. The molecule has 154 valence electrons. The van der Waals surface area contributed by atoms with Gasteiger partial charge in [-0.05, 0) is 43.2 Å². The Morgan fingerprint density at radius 1 is 0.967 bits per heavy atom. The fraction of sp³-hybridized carbons (Fsp3) is 0.385. The molecular weight excluding hydrogens is 372 g/mol. The molecule has 0 N–H and O–H groups in total. The topological polar surface area (TPSA) is 40.6 Å². The van der Waals surface area contributed by atoms with E-state index in [9.17, 15) is 9.59 Å². The van der Waals surface area contributed by atoms with Crippen molar-refractivity contribution in [2.45, 2.75) is 44.7 Å². The number of rotatable bonds is 4. The lowest BCUT2D eigenvalue weighted by molar-refractivity contribution is -0.165. The average Bonchev–Trinajstić information content (AvgIpc) is 3.41. The molecule has 4 atom stereocenters. The molecule has 4 heteroatoms. The van der Waals surface area contributed by atoms with Gasteiger partial charge in [0.15, 0.2) is 0 Å². The van der Waals surface area contributed by atoms with Gasteiger partial charge in [0, 0.05) is 24.4 Å². The van der Waals surface area contributed by atoms with Crippen molar-refractivity contribution in [2.75, 3.05) is 0 Å². The van der Waals surface area contributed by atoms with Crippen LogP contribution in [0.25, 0.3) is 0 Å². The van der Waals surface area contributed by atoms with Crippen LogP contribution < -0.4 is 0 Å². The van der Waals surface area contributed by atoms with Crippen molar-refractivity contribution in [1.29, 1.82) is 0 Å². The van der Waals surface area contributed by atoms with Crippen LogP contribution in [0.3, 0.4) is 0 Å². The first-order valence-corrected chi connectivity index (χ1v) is 10.9. The molecule has 30 heavy (non-hydrogen) atoms. The van der Waals surface area contributed by atoms with Crippen LogP contribution in [0.2, 0.25) is 0 Å². The molecular formula is C26H28N2O2. The highest BCUT2D eigenvalue weighted by atomic mass is 16.2. The van der Waals surface area contributed by atoms with Crippen LogP contribution in [0.1, 0.15) is 43.7 Å². The molecule has 2 aromatic rings. The molecule has 2 fully saturated rings. The number of hydrogen-bond acceptors (Lipinski definition) is 3. The molecule has 4 nitrogen and oxygen atoms in total. The quantitative estimate of drug-likeness (QED) is 0.559. The fourth-order valence-corrected chi connectivity index (χ4v) is 5.65. The van der Waals surface area contributed by atoms with E-state index in [4.69, 9.17) is 0 Å². The summed E-state index contributed by atoms with van der Waals surface area (Å²) in [5, 5.41) is 3.48. The summed E-state index contributed by atoms with van der Waals surface area (Å²) in [7, 11) is 0. The highest BCUT2D eigenvalue weighted by molar-refractivity contribution is 5.98. The summed E-state index contributed by atoms with van der Waals surface area (Å²) < 4.78 is 0. The van der Waals surface area contributed by atoms with Crippen LogP contribution in [0, 0.1) is 17.8 Å². The van der Waals surface area contributed by atoms with E-state index in [0.29, 0.717) is 18.9 Å². The molecule has 0 radical (unpaired) electrons. The third-order valence-corrected chi connectivity index (χ3v) is 7.07. The Morgan fingerprint density at radius 3 is 2.30 bits per heavy atom. The Morgan fingerprint density at radius 2 is 1.60 bits per heavy atom. The molecule has 3 aliphatic rings. The van der Waals surface area contributed by atoms with Crippen molar-refractivity contribution >= 4 is 11.8 Å². The number of hydrazine groups is 1. The van der Waals surface area contributed by atoms with Crippen molar-refractivity contribution in [1.82, 2.24) is 10.0 Å². The molecule has 2 aromatic carbocycles. The van der Waals surface area contributed by atoms with Gasteiger partial charge in [-0.25, -0.2) is 10.0 Å². The SMILES string of the molecule is CC1(C)CC(=O)N(C(=O)[C@H]2C(c3ccccc3)[C@H]3C=C[C@@H]2C3)N1Cc1ccccc1. The minimum atomic E-state index is -0.391. The number of nitrogens with zero attached hydrogens (tertiary/aromatic N) is 2. The van der Waals surface area contributed by atoms with E-state index in [1.807, 2.05) is 41.4 Å². The smallest absolute Gasteiger partial charge is 0.248 e. The van der Waals surface area contributed by atoms with E-state index in [1.54, 1.807) is 0 Å². The maximum Gasteiger partial charge on any atom is 0.248 e. The Balaban J connectivity index is 1.49. The van der Waals surface area contributed by atoms with Gasteiger partial charge in [-0.3, -0.25) is 9.59 Å². The summed E-state index contributed by atoms with van der Waals surface area (Å²) in [5.41, 5.74) is 1.91. The lowest BCUT2D eigenvalue weighted by atomic mass is 9.78. The first kappa shape index (κ1) is 19.3. The molecule has 1 unspecified atom stereocenters. The van der Waals surface area contributed by atoms with Crippen LogP contribution in [0.15, 0.2) is 72.8 Å².